The average Bonchev–Trinajstić information content (AvgIpc) is 2.24. The molecule has 0 aliphatic carbocycles. The molecule has 0 bridgehead atoms. The van der Waals surface area contributed by atoms with Gasteiger partial charge in [-0.2, -0.15) is 0 Å². The number of benzene rings is 1. The number of nitrogens with one attached hydrogen (secondary N) is 1. The minimum Gasteiger partial charge on any atom is -0.326 e. The summed E-state index contributed by atoms with van der Waals surface area (Å²) in [5.74, 6) is 0. The first kappa shape index (κ1) is 18.1. The Bertz CT molecular complexity index is 599. The summed E-state index contributed by atoms with van der Waals surface area (Å²) >= 11 is 0. The van der Waals surface area contributed by atoms with Gasteiger partial charge < -0.3 is 5.73 Å². The van der Waals surface area contributed by atoms with E-state index in [-0.39, 0.29) is 5.41 Å². The summed E-state index contributed by atoms with van der Waals surface area (Å²) in [4.78, 5) is 0.312. The van der Waals surface area contributed by atoms with Crippen molar-refractivity contribution >= 4 is 10.0 Å². The zero-order chi connectivity index (χ0) is 16.5. The van der Waals surface area contributed by atoms with Gasteiger partial charge in [0.15, 0.2) is 0 Å². The summed E-state index contributed by atoms with van der Waals surface area (Å²) in [7, 11) is -3.56. The summed E-state index contributed by atoms with van der Waals surface area (Å²) in [5.41, 5.74) is 6.68. The molecule has 1 aromatic carbocycles. The molecule has 5 heteroatoms. The largest absolute Gasteiger partial charge is 0.326 e. The average molecular weight is 312 g/mol. The van der Waals surface area contributed by atoms with E-state index in [0.717, 1.165) is 17.5 Å². The van der Waals surface area contributed by atoms with Gasteiger partial charge >= 0.3 is 0 Å². The lowest BCUT2D eigenvalue weighted by atomic mass is 9.82. The predicted molar refractivity (Wildman–Crippen MR) is 87.5 cm³/mol. The third-order valence-electron chi connectivity index (χ3n) is 3.16. The molecule has 0 spiro atoms. The lowest BCUT2D eigenvalue weighted by molar-refractivity contribution is 0.269. The zero-order valence-corrected chi connectivity index (χ0v) is 14.8. The number of aryl methyl sites for hydroxylation is 1. The highest BCUT2D eigenvalue weighted by atomic mass is 32.2. The van der Waals surface area contributed by atoms with Gasteiger partial charge in [0.05, 0.1) is 4.90 Å². The van der Waals surface area contributed by atoms with Gasteiger partial charge in [-0.1, -0.05) is 32.9 Å². The third-order valence-corrected chi connectivity index (χ3v) is 5.00. The summed E-state index contributed by atoms with van der Waals surface area (Å²) in [5, 5.41) is 0. The molecule has 0 aromatic heterocycles. The second-order valence-corrected chi connectivity index (χ2v) is 9.18. The first-order valence-electron chi connectivity index (χ1n) is 7.20. The Labute approximate surface area is 129 Å². The van der Waals surface area contributed by atoms with Crippen LogP contribution in [0.1, 0.15) is 52.2 Å². The van der Waals surface area contributed by atoms with Crippen molar-refractivity contribution in [3.63, 3.8) is 0 Å². The van der Waals surface area contributed by atoms with E-state index in [0.29, 0.717) is 11.4 Å². The Morgan fingerprint density at radius 3 is 2.19 bits per heavy atom. The smallest absolute Gasteiger partial charge is 0.241 e. The van der Waals surface area contributed by atoms with Crippen LogP contribution in [0.5, 0.6) is 0 Å². The summed E-state index contributed by atoms with van der Waals surface area (Å²) in [6.07, 6.45) is 0.745. The second-order valence-electron chi connectivity index (χ2n) is 7.53. The molecule has 1 aromatic rings. The van der Waals surface area contributed by atoms with Gasteiger partial charge in [-0.05, 0) is 49.8 Å². The van der Waals surface area contributed by atoms with Crippen LogP contribution in [-0.2, 0) is 16.6 Å². The van der Waals surface area contributed by atoms with E-state index in [1.807, 2.05) is 19.9 Å². The molecule has 0 aliphatic rings. The second kappa shape index (κ2) is 6.07. The van der Waals surface area contributed by atoms with Crippen LogP contribution >= 0.6 is 0 Å². The third kappa shape index (κ3) is 5.41. The highest BCUT2D eigenvalue weighted by molar-refractivity contribution is 7.89. The van der Waals surface area contributed by atoms with E-state index in [1.165, 1.54) is 0 Å². The molecule has 0 unspecified atom stereocenters. The van der Waals surface area contributed by atoms with Crippen molar-refractivity contribution in [3.8, 4) is 0 Å². The lowest BCUT2D eigenvalue weighted by Crippen LogP contribution is -2.45. The van der Waals surface area contributed by atoms with E-state index in [9.17, 15) is 8.42 Å². The fraction of sp³-hybridized carbons (Fsp3) is 0.625. The van der Waals surface area contributed by atoms with Crippen LogP contribution in [-0.4, -0.2) is 14.0 Å². The molecular formula is C16H28N2O2S. The highest BCUT2D eigenvalue weighted by Gasteiger charge is 2.31. The molecule has 4 nitrogen and oxygen atoms in total. The minimum absolute atomic E-state index is 0.0418. The normalized spacial score (nSPS) is 13.5. The Balaban J connectivity index is 3.12. The van der Waals surface area contributed by atoms with Crippen molar-refractivity contribution in [1.29, 1.82) is 0 Å². The molecule has 0 radical (unpaired) electrons. The molecule has 1 rings (SSSR count). The highest BCUT2D eigenvalue weighted by Crippen LogP contribution is 2.28. The zero-order valence-electron chi connectivity index (χ0n) is 13.9. The SMILES string of the molecule is Cc1ccc(CN)cc1S(=O)(=O)NC(C)(C)CC(C)(C)C. The number of nitrogens with two attached hydrogens (primary N) is 1. The molecule has 0 aliphatic heterocycles. The number of hydrogen-bond donors (Lipinski definition) is 2. The van der Waals surface area contributed by atoms with Crippen molar-refractivity contribution < 1.29 is 8.42 Å². The summed E-state index contributed by atoms with van der Waals surface area (Å²) in [6.45, 7) is 12.3. The Morgan fingerprint density at radius 1 is 1.14 bits per heavy atom. The molecular weight excluding hydrogens is 284 g/mol. The Morgan fingerprint density at radius 2 is 1.71 bits per heavy atom. The van der Waals surface area contributed by atoms with E-state index in [4.69, 9.17) is 5.73 Å². The van der Waals surface area contributed by atoms with Crippen LogP contribution in [0.3, 0.4) is 0 Å². The van der Waals surface area contributed by atoms with Crippen LogP contribution in [0.25, 0.3) is 0 Å². The number of sulfonamides is 1. The van der Waals surface area contributed by atoms with E-state index in [1.54, 1.807) is 19.1 Å². The number of hydrogen-bond acceptors (Lipinski definition) is 3. The predicted octanol–water partition coefficient (Wildman–Crippen LogP) is 2.95. The Hall–Kier alpha value is -0.910. The van der Waals surface area contributed by atoms with Gasteiger partial charge in [0.25, 0.3) is 0 Å². The topological polar surface area (TPSA) is 72.2 Å². The molecule has 0 fully saturated rings. The van der Waals surface area contributed by atoms with Crippen molar-refractivity contribution in [2.45, 2.75) is 64.9 Å². The Kier molecular flexibility index (Phi) is 5.24. The quantitative estimate of drug-likeness (QED) is 0.878. The monoisotopic (exact) mass is 312 g/mol. The maximum absolute atomic E-state index is 12.7. The molecule has 0 atom stereocenters. The first-order valence-corrected chi connectivity index (χ1v) is 8.68. The maximum Gasteiger partial charge on any atom is 0.241 e. The summed E-state index contributed by atoms with van der Waals surface area (Å²) in [6, 6.07) is 5.31. The minimum atomic E-state index is -3.56. The van der Waals surface area contributed by atoms with Gasteiger partial charge in [-0.3, -0.25) is 0 Å². The molecule has 120 valence electrons. The van der Waals surface area contributed by atoms with E-state index < -0.39 is 15.6 Å². The van der Waals surface area contributed by atoms with E-state index >= 15 is 0 Å². The summed E-state index contributed by atoms with van der Waals surface area (Å²) < 4.78 is 28.2. The van der Waals surface area contributed by atoms with E-state index in [2.05, 4.69) is 25.5 Å². The number of rotatable bonds is 5. The lowest BCUT2D eigenvalue weighted by Gasteiger charge is -2.33. The van der Waals surface area contributed by atoms with Gasteiger partial charge in [0.1, 0.15) is 0 Å². The molecule has 0 heterocycles. The van der Waals surface area contributed by atoms with Gasteiger partial charge in [-0.25, -0.2) is 13.1 Å². The van der Waals surface area contributed by atoms with Crippen LogP contribution in [0.2, 0.25) is 0 Å². The molecule has 3 N–H and O–H groups in total. The van der Waals surface area contributed by atoms with Crippen molar-refractivity contribution in [2.24, 2.45) is 11.1 Å². The molecule has 0 amide bonds. The fourth-order valence-corrected chi connectivity index (χ4v) is 4.55. The van der Waals surface area contributed by atoms with Crippen LogP contribution in [0.4, 0.5) is 0 Å². The van der Waals surface area contributed by atoms with Crippen molar-refractivity contribution in [2.75, 3.05) is 0 Å². The standard InChI is InChI=1S/C16H28N2O2S/c1-12-7-8-13(10-17)9-14(12)21(19,20)18-16(5,6)11-15(2,3)4/h7-9,18H,10-11,17H2,1-6H3. The van der Waals surface area contributed by atoms with Crippen LogP contribution in [0, 0.1) is 12.3 Å². The molecule has 0 saturated heterocycles. The van der Waals surface area contributed by atoms with Crippen molar-refractivity contribution in [1.82, 2.24) is 4.72 Å². The van der Waals surface area contributed by atoms with Gasteiger partial charge in [0, 0.05) is 12.1 Å². The van der Waals surface area contributed by atoms with Crippen LogP contribution < -0.4 is 10.5 Å². The van der Waals surface area contributed by atoms with Crippen LogP contribution in [0.15, 0.2) is 23.1 Å². The maximum atomic E-state index is 12.7. The first-order chi connectivity index (χ1) is 9.36. The van der Waals surface area contributed by atoms with Crippen molar-refractivity contribution in [3.05, 3.63) is 29.3 Å². The molecule has 0 saturated carbocycles. The molecule has 21 heavy (non-hydrogen) atoms. The van der Waals surface area contributed by atoms with Gasteiger partial charge in [0.2, 0.25) is 10.0 Å². The fourth-order valence-electron chi connectivity index (χ4n) is 2.84. The van der Waals surface area contributed by atoms with Gasteiger partial charge in [-0.15, -0.1) is 0 Å².